The lowest BCUT2D eigenvalue weighted by molar-refractivity contribution is 0.126. The summed E-state index contributed by atoms with van der Waals surface area (Å²) in [4.78, 5) is 13.3. The maximum absolute atomic E-state index is 6.01. The van der Waals surface area contributed by atoms with Crippen molar-refractivity contribution in [3.05, 3.63) is 48.8 Å². The van der Waals surface area contributed by atoms with E-state index in [9.17, 15) is 0 Å². The van der Waals surface area contributed by atoms with Crippen LogP contribution in [0.4, 0.5) is 0 Å². The van der Waals surface area contributed by atoms with Crippen molar-refractivity contribution >= 4 is 10.9 Å². The Morgan fingerprint density at radius 2 is 1.76 bits per heavy atom. The molecular weight excluding hydrogens is 262 g/mol. The van der Waals surface area contributed by atoms with E-state index in [-0.39, 0.29) is 5.60 Å². The van der Waals surface area contributed by atoms with Crippen molar-refractivity contribution in [2.75, 3.05) is 0 Å². The molecule has 4 nitrogen and oxygen atoms in total. The number of pyridine rings is 1. The SMILES string of the molecule is CC(C)(C)Oc1nc(-c2cccnc2)nc2ccccc12. The Morgan fingerprint density at radius 3 is 2.48 bits per heavy atom. The number of hydrogen-bond donors (Lipinski definition) is 0. The van der Waals surface area contributed by atoms with Crippen LogP contribution in [0.25, 0.3) is 22.3 Å². The molecule has 3 aromatic rings. The number of ether oxygens (including phenoxy) is 1. The fourth-order valence-electron chi connectivity index (χ4n) is 2.04. The van der Waals surface area contributed by atoms with Gasteiger partial charge in [-0.1, -0.05) is 12.1 Å². The van der Waals surface area contributed by atoms with Gasteiger partial charge >= 0.3 is 0 Å². The Hall–Kier alpha value is -2.49. The van der Waals surface area contributed by atoms with Crippen molar-refractivity contribution in [1.82, 2.24) is 15.0 Å². The third-order valence-electron chi connectivity index (χ3n) is 2.89. The quantitative estimate of drug-likeness (QED) is 0.714. The van der Waals surface area contributed by atoms with E-state index in [4.69, 9.17) is 4.74 Å². The molecule has 0 saturated heterocycles. The summed E-state index contributed by atoms with van der Waals surface area (Å²) < 4.78 is 6.01. The van der Waals surface area contributed by atoms with Crippen LogP contribution < -0.4 is 4.74 Å². The molecule has 0 aliphatic rings. The minimum absolute atomic E-state index is 0.316. The number of benzene rings is 1. The summed E-state index contributed by atoms with van der Waals surface area (Å²) in [6, 6.07) is 11.7. The van der Waals surface area contributed by atoms with Gasteiger partial charge in [0.25, 0.3) is 0 Å². The second kappa shape index (κ2) is 5.13. The smallest absolute Gasteiger partial charge is 0.225 e. The zero-order chi connectivity index (χ0) is 14.9. The second-order valence-electron chi connectivity index (χ2n) is 5.83. The molecule has 0 fully saturated rings. The van der Waals surface area contributed by atoms with Crippen molar-refractivity contribution < 1.29 is 4.74 Å². The van der Waals surface area contributed by atoms with Crippen LogP contribution in [0.2, 0.25) is 0 Å². The number of rotatable bonds is 2. The first-order chi connectivity index (χ1) is 10.0. The van der Waals surface area contributed by atoms with E-state index in [0.717, 1.165) is 16.5 Å². The lowest BCUT2D eigenvalue weighted by Crippen LogP contribution is -2.24. The molecule has 2 heterocycles. The average molecular weight is 279 g/mol. The highest BCUT2D eigenvalue weighted by Crippen LogP contribution is 2.28. The van der Waals surface area contributed by atoms with Gasteiger partial charge in [0, 0.05) is 18.0 Å². The zero-order valence-corrected chi connectivity index (χ0v) is 12.4. The van der Waals surface area contributed by atoms with Gasteiger partial charge in [-0.05, 0) is 45.0 Å². The van der Waals surface area contributed by atoms with E-state index in [2.05, 4.69) is 15.0 Å². The van der Waals surface area contributed by atoms with E-state index in [0.29, 0.717) is 11.7 Å². The third kappa shape index (κ3) is 2.99. The molecule has 0 saturated carbocycles. The third-order valence-corrected chi connectivity index (χ3v) is 2.89. The minimum atomic E-state index is -0.316. The van der Waals surface area contributed by atoms with Crippen LogP contribution in [-0.4, -0.2) is 20.6 Å². The Labute approximate surface area is 123 Å². The maximum Gasteiger partial charge on any atom is 0.225 e. The van der Waals surface area contributed by atoms with Crippen LogP contribution in [0.15, 0.2) is 48.8 Å². The van der Waals surface area contributed by atoms with Crippen LogP contribution in [0, 0.1) is 0 Å². The first-order valence-corrected chi connectivity index (χ1v) is 6.89. The average Bonchev–Trinajstić information content (AvgIpc) is 2.46. The lowest BCUT2D eigenvalue weighted by atomic mass is 10.2. The number of aromatic nitrogens is 3. The van der Waals surface area contributed by atoms with Gasteiger partial charge in [0.1, 0.15) is 5.60 Å². The van der Waals surface area contributed by atoms with Crippen LogP contribution in [0.1, 0.15) is 20.8 Å². The predicted octanol–water partition coefficient (Wildman–Crippen LogP) is 3.87. The van der Waals surface area contributed by atoms with E-state index < -0.39 is 0 Å². The number of hydrogen-bond acceptors (Lipinski definition) is 4. The molecule has 3 rings (SSSR count). The summed E-state index contributed by atoms with van der Waals surface area (Å²) in [5.74, 6) is 1.23. The second-order valence-corrected chi connectivity index (χ2v) is 5.83. The first-order valence-electron chi connectivity index (χ1n) is 6.89. The number of fused-ring (bicyclic) bond motifs is 1. The van der Waals surface area contributed by atoms with E-state index >= 15 is 0 Å². The molecule has 0 amide bonds. The standard InChI is InChI=1S/C17H17N3O/c1-17(2,3)21-16-13-8-4-5-9-14(13)19-15(20-16)12-7-6-10-18-11-12/h4-11H,1-3H3. The first kappa shape index (κ1) is 13.5. The van der Waals surface area contributed by atoms with Crippen molar-refractivity contribution in [3.63, 3.8) is 0 Å². The fourth-order valence-corrected chi connectivity index (χ4v) is 2.04. The molecule has 0 N–H and O–H groups in total. The Bertz CT molecular complexity index is 764. The molecule has 4 heteroatoms. The lowest BCUT2D eigenvalue weighted by Gasteiger charge is -2.21. The predicted molar refractivity (Wildman–Crippen MR) is 83.2 cm³/mol. The molecule has 0 spiro atoms. The maximum atomic E-state index is 6.01. The highest BCUT2D eigenvalue weighted by atomic mass is 16.5. The van der Waals surface area contributed by atoms with Crippen LogP contribution >= 0.6 is 0 Å². The Kier molecular flexibility index (Phi) is 3.29. The number of nitrogens with zero attached hydrogens (tertiary/aromatic N) is 3. The normalized spacial score (nSPS) is 11.6. The van der Waals surface area contributed by atoms with Crippen LogP contribution in [0.3, 0.4) is 0 Å². The molecule has 0 aliphatic carbocycles. The van der Waals surface area contributed by atoms with Crippen LogP contribution in [0.5, 0.6) is 5.88 Å². The van der Waals surface area contributed by atoms with E-state index in [1.165, 1.54) is 0 Å². The molecule has 0 atom stereocenters. The molecule has 0 radical (unpaired) electrons. The molecule has 0 unspecified atom stereocenters. The summed E-state index contributed by atoms with van der Waals surface area (Å²) >= 11 is 0. The van der Waals surface area contributed by atoms with Crippen molar-refractivity contribution in [1.29, 1.82) is 0 Å². The molecule has 0 bridgehead atoms. The molecular formula is C17H17N3O. The highest BCUT2D eigenvalue weighted by Gasteiger charge is 2.17. The van der Waals surface area contributed by atoms with Crippen molar-refractivity contribution in [2.24, 2.45) is 0 Å². The molecule has 2 aromatic heterocycles. The van der Waals surface area contributed by atoms with Gasteiger partial charge in [-0.3, -0.25) is 4.98 Å². The molecule has 106 valence electrons. The summed E-state index contributed by atoms with van der Waals surface area (Å²) in [7, 11) is 0. The van der Waals surface area contributed by atoms with Gasteiger partial charge in [0.15, 0.2) is 5.82 Å². The Balaban J connectivity index is 2.20. The largest absolute Gasteiger partial charge is 0.471 e. The van der Waals surface area contributed by atoms with Crippen molar-refractivity contribution in [3.8, 4) is 17.3 Å². The van der Waals surface area contributed by atoms with Gasteiger partial charge in [-0.2, -0.15) is 4.98 Å². The fraction of sp³-hybridized carbons (Fsp3) is 0.235. The number of para-hydroxylation sites is 1. The van der Waals surface area contributed by atoms with Gasteiger partial charge in [-0.25, -0.2) is 4.98 Å². The summed E-state index contributed by atoms with van der Waals surface area (Å²) in [5, 5.41) is 0.917. The van der Waals surface area contributed by atoms with E-state index in [1.807, 2.05) is 57.2 Å². The summed E-state index contributed by atoms with van der Waals surface area (Å²) in [6.07, 6.45) is 3.49. The Morgan fingerprint density at radius 1 is 0.952 bits per heavy atom. The highest BCUT2D eigenvalue weighted by molar-refractivity contribution is 5.85. The van der Waals surface area contributed by atoms with E-state index in [1.54, 1.807) is 12.4 Å². The summed E-state index contributed by atoms with van der Waals surface area (Å²) in [5.41, 5.74) is 1.43. The summed E-state index contributed by atoms with van der Waals surface area (Å²) in [6.45, 7) is 6.02. The molecule has 1 aromatic carbocycles. The van der Waals surface area contributed by atoms with Gasteiger partial charge in [-0.15, -0.1) is 0 Å². The molecule has 21 heavy (non-hydrogen) atoms. The van der Waals surface area contributed by atoms with Gasteiger partial charge in [0.2, 0.25) is 5.88 Å². The molecule has 0 aliphatic heterocycles. The van der Waals surface area contributed by atoms with Crippen LogP contribution in [-0.2, 0) is 0 Å². The van der Waals surface area contributed by atoms with Gasteiger partial charge < -0.3 is 4.74 Å². The van der Waals surface area contributed by atoms with Crippen molar-refractivity contribution in [2.45, 2.75) is 26.4 Å². The topological polar surface area (TPSA) is 47.9 Å². The minimum Gasteiger partial charge on any atom is -0.471 e. The zero-order valence-electron chi connectivity index (χ0n) is 12.4. The monoisotopic (exact) mass is 279 g/mol. The van der Waals surface area contributed by atoms with Gasteiger partial charge in [0.05, 0.1) is 10.9 Å².